The first kappa shape index (κ1) is 13.5. The first-order chi connectivity index (χ1) is 7.46. The van der Waals surface area contributed by atoms with Crippen LogP contribution in [0.5, 0.6) is 0 Å². The lowest BCUT2D eigenvalue weighted by Gasteiger charge is -2.35. The topological polar surface area (TPSA) is 60.8 Å². The van der Waals surface area contributed by atoms with Crippen LogP contribution in [0.15, 0.2) is 0 Å². The number of hydrogen-bond donors (Lipinski definition) is 2. The third-order valence-corrected chi connectivity index (χ3v) is 3.47. The van der Waals surface area contributed by atoms with Crippen LogP contribution in [0.25, 0.3) is 0 Å². The molecule has 0 aromatic rings. The van der Waals surface area contributed by atoms with Crippen LogP contribution < -0.4 is 0 Å². The Morgan fingerprint density at radius 2 is 1.88 bits per heavy atom. The van der Waals surface area contributed by atoms with Crippen LogP contribution in [0.3, 0.4) is 0 Å². The monoisotopic (exact) mass is 229 g/mol. The summed E-state index contributed by atoms with van der Waals surface area (Å²) < 4.78 is 0. The van der Waals surface area contributed by atoms with Crippen LogP contribution in [0.2, 0.25) is 0 Å². The predicted molar refractivity (Wildman–Crippen MR) is 62.3 cm³/mol. The molecular weight excluding hydrogens is 206 g/mol. The largest absolute Gasteiger partial charge is 0.481 e. The molecule has 94 valence electrons. The Labute approximate surface area is 97.3 Å². The molecule has 16 heavy (non-hydrogen) atoms. The van der Waals surface area contributed by atoms with Crippen LogP contribution in [0.4, 0.5) is 0 Å². The van der Waals surface area contributed by atoms with Crippen molar-refractivity contribution in [2.45, 2.75) is 44.6 Å². The molecule has 0 bridgehead atoms. The zero-order chi connectivity index (χ0) is 12.2. The minimum absolute atomic E-state index is 0.389. The highest BCUT2D eigenvalue weighted by molar-refractivity contribution is 5.74. The van der Waals surface area contributed by atoms with Gasteiger partial charge in [0.25, 0.3) is 0 Å². The Balaban J connectivity index is 2.60. The lowest BCUT2D eigenvalue weighted by atomic mass is 9.70. The lowest BCUT2D eigenvalue weighted by Crippen LogP contribution is -2.39. The van der Waals surface area contributed by atoms with Gasteiger partial charge in [0.2, 0.25) is 0 Å². The molecule has 1 fully saturated rings. The van der Waals surface area contributed by atoms with Gasteiger partial charge in [0, 0.05) is 6.54 Å². The van der Waals surface area contributed by atoms with E-state index in [-0.39, 0.29) is 0 Å². The fourth-order valence-electron chi connectivity index (χ4n) is 2.67. The number of likely N-dealkylation sites (N-methyl/N-ethyl adjacent to an activating group) is 1. The van der Waals surface area contributed by atoms with Gasteiger partial charge in [-0.25, -0.2) is 0 Å². The maximum Gasteiger partial charge on any atom is 0.309 e. The number of hydrogen-bond acceptors (Lipinski definition) is 3. The standard InChI is InChI=1S/C12H23NO3/c1-13(2)9-10(14)8-12(11(15)16)6-4-3-5-7-12/h10,14H,3-9H2,1-2H3,(H,15,16)/t10-/m1/s1. The third-order valence-electron chi connectivity index (χ3n) is 3.47. The van der Waals surface area contributed by atoms with Crippen LogP contribution in [0, 0.1) is 5.41 Å². The van der Waals surface area contributed by atoms with Crippen molar-refractivity contribution in [1.82, 2.24) is 4.90 Å². The third kappa shape index (κ3) is 3.46. The Kier molecular flexibility index (Phi) is 4.74. The number of carboxylic acids is 1. The number of aliphatic carboxylic acids is 1. The second-order valence-electron chi connectivity index (χ2n) is 5.27. The van der Waals surface area contributed by atoms with Crippen LogP contribution in [-0.4, -0.2) is 47.8 Å². The number of carbonyl (C=O) groups is 1. The maximum atomic E-state index is 11.4. The first-order valence-electron chi connectivity index (χ1n) is 6.02. The van der Waals surface area contributed by atoms with Crippen molar-refractivity contribution in [3.8, 4) is 0 Å². The van der Waals surface area contributed by atoms with Crippen LogP contribution in [0.1, 0.15) is 38.5 Å². The molecule has 4 nitrogen and oxygen atoms in total. The van der Waals surface area contributed by atoms with E-state index in [2.05, 4.69) is 0 Å². The van der Waals surface area contributed by atoms with Crippen molar-refractivity contribution in [3.05, 3.63) is 0 Å². The average Bonchev–Trinajstić information content (AvgIpc) is 2.17. The fourth-order valence-corrected chi connectivity index (χ4v) is 2.67. The molecule has 1 aliphatic carbocycles. The van der Waals surface area contributed by atoms with Gasteiger partial charge in [-0.2, -0.15) is 0 Å². The second kappa shape index (κ2) is 5.64. The number of carboxylic acid groups (broad SMARTS) is 1. The molecule has 1 aliphatic rings. The van der Waals surface area contributed by atoms with Gasteiger partial charge < -0.3 is 15.1 Å². The van der Waals surface area contributed by atoms with Crippen molar-refractivity contribution < 1.29 is 15.0 Å². The minimum Gasteiger partial charge on any atom is -0.481 e. The highest BCUT2D eigenvalue weighted by Gasteiger charge is 2.41. The van der Waals surface area contributed by atoms with E-state index in [1.807, 2.05) is 19.0 Å². The summed E-state index contributed by atoms with van der Waals surface area (Å²) in [6.45, 7) is 0.537. The van der Waals surface area contributed by atoms with Gasteiger partial charge in [0.1, 0.15) is 0 Å². The SMILES string of the molecule is CN(C)C[C@H](O)CC1(C(=O)O)CCCCC1. The van der Waals surface area contributed by atoms with Crippen LogP contribution >= 0.6 is 0 Å². The second-order valence-corrected chi connectivity index (χ2v) is 5.27. The zero-order valence-corrected chi connectivity index (χ0v) is 10.3. The lowest BCUT2D eigenvalue weighted by molar-refractivity contribution is -0.153. The van der Waals surface area contributed by atoms with Crippen molar-refractivity contribution in [3.63, 3.8) is 0 Å². The summed E-state index contributed by atoms with van der Waals surface area (Å²) in [7, 11) is 3.77. The molecule has 1 rings (SSSR count). The van der Waals surface area contributed by atoms with E-state index in [4.69, 9.17) is 0 Å². The van der Waals surface area contributed by atoms with E-state index < -0.39 is 17.5 Å². The Bertz CT molecular complexity index is 234. The van der Waals surface area contributed by atoms with Crippen LogP contribution in [-0.2, 0) is 4.79 Å². The van der Waals surface area contributed by atoms with Gasteiger partial charge in [0.15, 0.2) is 0 Å². The summed E-state index contributed by atoms with van der Waals surface area (Å²) in [6.07, 6.45) is 4.35. The van der Waals surface area contributed by atoms with Gasteiger partial charge >= 0.3 is 5.97 Å². The Hall–Kier alpha value is -0.610. The summed E-state index contributed by atoms with van der Waals surface area (Å²) in [4.78, 5) is 13.3. The van der Waals surface area contributed by atoms with Gasteiger partial charge in [-0.05, 0) is 33.4 Å². The molecule has 0 aromatic heterocycles. The van der Waals surface area contributed by atoms with E-state index in [1.54, 1.807) is 0 Å². The van der Waals surface area contributed by atoms with Crippen molar-refractivity contribution in [2.75, 3.05) is 20.6 Å². The van der Waals surface area contributed by atoms with Crippen molar-refractivity contribution >= 4 is 5.97 Å². The molecule has 2 N–H and O–H groups in total. The van der Waals surface area contributed by atoms with Gasteiger partial charge in [-0.15, -0.1) is 0 Å². The fraction of sp³-hybridized carbons (Fsp3) is 0.917. The Morgan fingerprint density at radius 1 is 1.31 bits per heavy atom. The number of rotatable bonds is 5. The average molecular weight is 229 g/mol. The smallest absolute Gasteiger partial charge is 0.309 e. The summed E-state index contributed by atoms with van der Waals surface area (Å²) in [5, 5.41) is 19.2. The zero-order valence-electron chi connectivity index (χ0n) is 10.3. The van der Waals surface area contributed by atoms with E-state index in [9.17, 15) is 15.0 Å². The van der Waals surface area contributed by atoms with E-state index in [0.717, 1.165) is 19.3 Å². The molecule has 0 saturated heterocycles. The molecule has 4 heteroatoms. The van der Waals surface area contributed by atoms with Gasteiger partial charge in [-0.3, -0.25) is 4.79 Å². The van der Waals surface area contributed by atoms with Gasteiger partial charge in [0.05, 0.1) is 11.5 Å². The maximum absolute atomic E-state index is 11.4. The predicted octanol–water partition coefficient (Wildman–Crippen LogP) is 1.33. The Morgan fingerprint density at radius 3 is 2.31 bits per heavy atom. The number of aliphatic hydroxyl groups excluding tert-OH is 1. The van der Waals surface area contributed by atoms with E-state index in [0.29, 0.717) is 25.8 Å². The van der Waals surface area contributed by atoms with Crippen molar-refractivity contribution in [2.24, 2.45) is 5.41 Å². The molecule has 0 aliphatic heterocycles. The van der Waals surface area contributed by atoms with Gasteiger partial charge in [-0.1, -0.05) is 19.3 Å². The molecule has 0 radical (unpaired) electrons. The number of aliphatic hydroxyl groups is 1. The van der Waals surface area contributed by atoms with Crippen molar-refractivity contribution in [1.29, 1.82) is 0 Å². The van der Waals surface area contributed by atoms with E-state index in [1.165, 1.54) is 0 Å². The molecule has 0 spiro atoms. The highest BCUT2D eigenvalue weighted by Crippen LogP contribution is 2.40. The molecule has 1 saturated carbocycles. The minimum atomic E-state index is -0.731. The molecular formula is C12H23NO3. The summed E-state index contributed by atoms with van der Waals surface area (Å²) in [5.74, 6) is -0.731. The highest BCUT2D eigenvalue weighted by atomic mass is 16.4. The molecule has 0 amide bonds. The summed E-state index contributed by atoms with van der Waals surface area (Å²) in [5.41, 5.74) is -0.673. The summed E-state index contributed by atoms with van der Waals surface area (Å²) in [6, 6.07) is 0. The molecule has 0 unspecified atom stereocenters. The quantitative estimate of drug-likeness (QED) is 0.746. The first-order valence-corrected chi connectivity index (χ1v) is 6.02. The summed E-state index contributed by atoms with van der Waals surface area (Å²) >= 11 is 0. The number of nitrogens with zero attached hydrogens (tertiary/aromatic N) is 1. The molecule has 1 atom stereocenters. The normalized spacial score (nSPS) is 22.0. The molecule has 0 aromatic carbocycles. The molecule has 0 heterocycles. The van der Waals surface area contributed by atoms with E-state index >= 15 is 0 Å².